The molecule has 0 aliphatic carbocycles. The molecule has 0 saturated carbocycles. The van der Waals surface area contributed by atoms with E-state index in [2.05, 4.69) is 5.10 Å². The number of nitro benzene ring substituents is 1. The maximum absolute atomic E-state index is 11.1. The summed E-state index contributed by atoms with van der Waals surface area (Å²) in [6.45, 7) is 1.75. The zero-order chi connectivity index (χ0) is 11.7. The monoisotopic (exact) mass is 219 g/mol. The fourth-order valence-electron chi connectivity index (χ4n) is 1.50. The van der Waals surface area contributed by atoms with Crippen molar-refractivity contribution in [3.63, 3.8) is 0 Å². The Morgan fingerprint density at radius 3 is 2.69 bits per heavy atom. The van der Waals surface area contributed by atoms with Crippen molar-refractivity contribution in [1.29, 1.82) is 0 Å². The van der Waals surface area contributed by atoms with E-state index in [9.17, 15) is 14.9 Å². The first-order valence-corrected chi connectivity index (χ1v) is 4.61. The Morgan fingerprint density at radius 1 is 1.38 bits per heavy atom. The van der Waals surface area contributed by atoms with Crippen molar-refractivity contribution < 1.29 is 4.92 Å². The van der Waals surface area contributed by atoms with Crippen LogP contribution in [0.2, 0.25) is 0 Å². The first-order valence-electron chi connectivity index (χ1n) is 4.61. The zero-order valence-electron chi connectivity index (χ0n) is 8.51. The number of aromatic nitrogens is 2. The minimum atomic E-state index is -0.472. The van der Waals surface area contributed by atoms with Crippen molar-refractivity contribution in [2.24, 2.45) is 0 Å². The first-order chi connectivity index (χ1) is 7.58. The number of hydrogen-bond donors (Lipinski definition) is 1. The SMILES string of the molecule is Cc1cc(=O)[nH]n1-c1cccc([N+](=O)[O-])c1. The lowest BCUT2D eigenvalue weighted by molar-refractivity contribution is -0.384. The van der Waals surface area contributed by atoms with E-state index in [0.29, 0.717) is 11.4 Å². The molecule has 16 heavy (non-hydrogen) atoms. The number of aryl methyl sites for hydroxylation is 1. The average molecular weight is 219 g/mol. The first kappa shape index (κ1) is 10.2. The van der Waals surface area contributed by atoms with Gasteiger partial charge in [0.1, 0.15) is 0 Å². The van der Waals surface area contributed by atoms with Crippen LogP contribution in [0.25, 0.3) is 5.69 Å². The van der Waals surface area contributed by atoms with E-state index in [4.69, 9.17) is 0 Å². The molecule has 6 nitrogen and oxygen atoms in total. The van der Waals surface area contributed by atoms with Gasteiger partial charge in [-0.25, -0.2) is 0 Å². The maximum atomic E-state index is 11.1. The Balaban J connectivity index is 2.56. The molecule has 0 bridgehead atoms. The maximum Gasteiger partial charge on any atom is 0.271 e. The quantitative estimate of drug-likeness (QED) is 0.612. The van der Waals surface area contributed by atoms with E-state index in [1.165, 1.54) is 22.9 Å². The molecular weight excluding hydrogens is 210 g/mol. The lowest BCUT2D eigenvalue weighted by atomic mass is 10.3. The van der Waals surface area contributed by atoms with Gasteiger partial charge in [-0.1, -0.05) is 6.07 Å². The van der Waals surface area contributed by atoms with Crippen LogP contribution >= 0.6 is 0 Å². The molecule has 0 aliphatic rings. The molecule has 0 atom stereocenters. The molecule has 2 aromatic rings. The third kappa shape index (κ3) is 1.72. The smallest absolute Gasteiger partial charge is 0.268 e. The number of hydrogen-bond acceptors (Lipinski definition) is 3. The van der Waals surface area contributed by atoms with Gasteiger partial charge in [-0.3, -0.25) is 24.7 Å². The molecule has 0 amide bonds. The number of aromatic amines is 1. The van der Waals surface area contributed by atoms with Crippen LogP contribution in [-0.2, 0) is 0 Å². The van der Waals surface area contributed by atoms with Crippen molar-refractivity contribution >= 4 is 5.69 Å². The van der Waals surface area contributed by atoms with E-state index in [1.807, 2.05) is 0 Å². The highest BCUT2D eigenvalue weighted by molar-refractivity contribution is 5.43. The Hall–Kier alpha value is -2.37. The topological polar surface area (TPSA) is 80.9 Å². The summed E-state index contributed by atoms with van der Waals surface area (Å²) in [4.78, 5) is 21.2. The molecule has 0 saturated heterocycles. The summed E-state index contributed by atoms with van der Waals surface area (Å²) in [5.41, 5.74) is 1.02. The van der Waals surface area contributed by atoms with Gasteiger partial charge >= 0.3 is 0 Å². The molecule has 0 unspecified atom stereocenters. The molecule has 0 radical (unpaired) electrons. The molecule has 82 valence electrons. The Bertz CT molecular complexity index is 597. The normalized spacial score (nSPS) is 10.3. The van der Waals surface area contributed by atoms with Gasteiger partial charge in [0.05, 0.1) is 10.6 Å². The van der Waals surface area contributed by atoms with Crippen LogP contribution in [0.4, 0.5) is 5.69 Å². The third-order valence-electron chi connectivity index (χ3n) is 2.21. The number of nitrogens with one attached hydrogen (secondary N) is 1. The third-order valence-corrected chi connectivity index (χ3v) is 2.21. The van der Waals surface area contributed by atoms with E-state index in [0.717, 1.165) is 0 Å². The molecule has 0 spiro atoms. The Labute approximate surface area is 90.3 Å². The van der Waals surface area contributed by atoms with Gasteiger partial charge < -0.3 is 0 Å². The van der Waals surface area contributed by atoms with E-state index in [-0.39, 0.29) is 11.2 Å². The van der Waals surface area contributed by atoms with Gasteiger partial charge in [0.25, 0.3) is 11.2 Å². The van der Waals surface area contributed by atoms with E-state index in [1.54, 1.807) is 19.1 Å². The van der Waals surface area contributed by atoms with Gasteiger partial charge in [0.2, 0.25) is 0 Å². The standard InChI is InChI=1S/C10H9N3O3/c1-7-5-10(14)11-12(7)8-3-2-4-9(6-8)13(15)16/h2-6H,1H3,(H,11,14). The van der Waals surface area contributed by atoms with Crippen LogP contribution in [0.15, 0.2) is 35.1 Å². The fourth-order valence-corrected chi connectivity index (χ4v) is 1.50. The summed E-state index contributed by atoms with van der Waals surface area (Å²) in [5.74, 6) is 0. The van der Waals surface area contributed by atoms with Gasteiger partial charge in [0, 0.05) is 23.9 Å². The highest BCUT2D eigenvalue weighted by Crippen LogP contribution is 2.16. The molecule has 6 heteroatoms. The fraction of sp³-hybridized carbons (Fsp3) is 0.100. The summed E-state index contributed by atoms with van der Waals surface area (Å²) in [6, 6.07) is 7.50. The number of H-pyrrole nitrogens is 1. The summed E-state index contributed by atoms with van der Waals surface area (Å²) < 4.78 is 1.51. The van der Waals surface area contributed by atoms with Crippen LogP contribution in [-0.4, -0.2) is 14.7 Å². The van der Waals surface area contributed by atoms with Crippen molar-refractivity contribution in [2.75, 3.05) is 0 Å². The van der Waals surface area contributed by atoms with Crippen LogP contribution in [0.1, 0.15) is 5.69 Å². The minimum absolute atomic E-state index is 0.00792. The number of rotatable bonds is 2. The van der Waals surface area contributed by atoms with Crippen molar-refractivity contribution in [3.8, 4) is 5.69 Å². The van der Waals surface area contributed by atoms with Gasteiger partial charge in [-0.15, -0.1) is 0 Å². The van der Waals surface area contributed by atoms with E-state index >= 15 is 0 Å². The van der Waals surface area contributed by atoms with Gasteiger partial charge in [-0.05, 0) is 13.0 Å². The van der Waals surface area contributed by atoms with Crippen LogP contribution in [0.5, 0.6) is 0 Å². The van der Waals surface area contributed by atoms with Crippen LogP contribution < -0.4 is 5.56 Å². The summed E-state index contributed by atoms with van der Waals surface area (Å²) in [6.07, 6.45) is 0. The molecule has 1 heterocycles. The molecule has 0 aliphatic heterocycles. The van der Waals surface area contributed by atoms with Gasteiger partial charge in [-0.2, -0.15) is 0 Å². The predicted octanol–water partition coefficient (Wildman–Crippen LogP) is 1.38. The second kappa shape index (κ2) is 3.65. The van der Waals surface area contributed by atoms with Crippen LogP contribution in [0, 0.1) is 17.0 Å². The lowest BCUT2D eigenvalue weighted by Crippen LogP contribution is -2.04. The highest BCUT2D eigenvalue weighted by Gasteiger charge is 2.08. The molecule has 0 fully saturated rings. The molecule has 1 aromatic carbocycles. The lowest BCUT2D eigenvalue weighted by Gasteiger charge is -2.04. The largest absolute Gasteiger partial charge is 0.271 e. The van der Waals surface area contributed by atoms with Crippen molar-refractivity contribution in [2.45, 2.75) is 6.92 Å². The summed E-state index contributed by atoms with van der Waals surface area (Å²) >= 11 is 0. The Morgan fingerprint density at radius 2 is 2.12 bits per heavy atom. The van der Waals surface area contributed by atoms with Crippen molar-refractivity contribution in [1.82, 2.24) is 9.78 Å². The zero-order valence-corrected chi connectivity index (χ0v) is 8.51. The summed E-state index contributed by atoms with van der Waals surface area (Å²) in [5, 5.41) is 13.2. The van der Waals surface area contributed by atoms with Crippen molar-refractivity contribution in [3.05, 3.63) is 56.5 Å². The Kier molecular flexibility index (Phi) is 2.32. The summed E-state index contributed by atoms with van der Waals surface area (Å²) in [7, 11) is 0. The molecule has 2 rings (SSSR count). The minimum Gasteiger partial charge on any atom is -0.268 e. The highest BCUT2D eigenvalue weighted by atomic mass is 16.6. The molecular formula is C10H9N3O3. The second-order valence-electron chi connectivity index (χ2n) is 3.37. The van der Waals surface area contributed by atoms with Gasteiger partial charge in [0.15, 0.2) is 0 Å². The number of non-ortho nitro benzene ring substituents is 1. The number of nitrogens with zero attached hydrogens (tertiary/aromatic N) is 2. The molecule has 1 N–H and O–H groups in total. The van der Waals surface area contributed by atoms with E-state index < -0.39 is 4.92 Å². The average Bonchev–Trinajstić information content (AvgIpc) is 2.58. The second-order valence-corrected chi connectivity index (χ2v) is 3.37. The van der Waals surface area contributed by atoms with Crippen LogP contribution in [0.3, 0.4) is 0 Å². The number of nitro groups is 1. The molecule has 1 aromatic heterocycles. The number of benzene rings is 1. The predicted molar refractivity (Wildman–Crippen MR) is 57.8 cm³/mol.